The van der Waals surface area contributed by atoms with Crippen molar-refractivity contribution in [3.63, 3.8) is 0 Å². The molecule has 1 aromatic heterocycles. The molecule has 0 aliphatic carbocycles. The number of aliphatic hydroxyl groups excluding tert-OH is 1. The molecule has 2 aromatic rings. The van der Waals surface area contributed by atoms with Gasteiger partial charge in [0.2, 0.25) is 0 Å². The Balaban J connectivity index is 1.71. The molecule has 1 aliphatic rings. The number of hydrogen-bond acceptors (Lipinski definition) is 4. The SMILES string of the molecule is OC1CCN(Cc2cc(-c3ccc(Cl)cc3Cl)no2)CC1. The minimum Gasteiger partial charge on any atom is -0.393 e. The van der Waals surface area contributed by atoms with E-state index in [9.17, 15) is 5.11 Å². The first-order chi connectivity index (χ1) is 10.1. The van der Waals surface area contributed by atoms with E-state index in [1.165, 1.54) is 0 Å². The average molecular weight is 327 g/mol. The number of likely N-dealkylation sites (tertiary alicyclic amines) is 1. The van der Waals surface area contributed by atoms with Crippen LogP contribution < -0.4 is 0 Å². The number of nitrogens with zero attached hydrogens (tertiary/aromatic N) is 2. The van der Waals surface area contributed by atoms with Gasteiger partial charge in [0.1, 0.15) is 5.69 Å². The highest BCUT2D eigenvalue weighted by Crippen LogP contribution is 2.30. The van der Waals surface area contributed by atoms with Gasteiger partial charge in [-0.05, 0) is 31.0 Å². The van der Waals surface area contributed by atoms with Crippen LogP contribution in [0.4, 0.5) is 0 Å². The summed E-state index contributed by atoms with van der Waals surface area (Å²) in [6.45, 7) is 2.45. The lowest BCUT2D eigenvalue weighted by Crippen LogP contribution is -2.35. The highest BCUT2D eigenvalue weighted by Gasteiger charge is 2.19. The summed E-state index contributed by atoms with van der Waals surface area (Å²) >= 11 is 12.1. The highest BCUT2D eigenvalue weighted by atomic mass is 35.5. The van der Waals surface area contributed by atoms with E-state index in [1.54, 1.807) is 12.1 Å². The van der Waals surface area contributed by atoms with Gasteiger partial charge in [0.05, 0.1) is 17.7 Å². The molecule has 6 heteroatoms. The Bertz CT molecular complexity index is 622. The van der Waals surface area contributed by atoms with Gasteiger partial charge in [0.15, 0.2) is 5.76 Å². The largest absolute Gasteiger partial charge is 0.393 e. The van der Waals surface area contributed by atoms with E-state index in [4.69, 9.17) is 27.7 Å². The number of benzene rings is 1. The Morgan fingerprint density at radius 3 is 2.71 bits per heavy atom. The lowest BCUT2D eigenvalue weighted by atomic mass is 10.1. The third kappa shape index (κ3) is 3.58. The summed E-state index contributed by atoms with van der Waals surface area (Å²) in [5, 5.41) is 14.7. The van der Waals surface area contributed by atoms with Crippen LogP contribution in [0.15, 0.2) is 28.8 Å². The minimum atomic E-state index is -0.167. The van der Waals surface area contributed by atoms with Crippen molar-refractivity contribution in [2.75, 3.05) is 13.1 Å². The predicted octanol–water partition coefficient (Wildman–Crippen LogP) is 3.61. The number of aliphatic hydroxyl groups is 1. The molecular formula is C15H16Cl2N2O2. The molecule has 1 N–H and O–H groups in total. The summed E-state index contributed by atoms with van der Waals surface area (Å²) in [4.78, 5) is 2.25. The molecule has 1 aliphatic heterocycles. The fraction of sp³-hybridized carbons (Fsp3) is 0.400. The van der Waals surface area contributed by atoms with Crippen LogP contribution in [0.3, 0.4) is 0 Å². The van der Waals surface area contributed by atoms with E-state index in [0.29, 0.717) is 22.3 Å². The topological polar surface area (TPSA) is 49.5 Å². The van der Waals surface area contributed by atoms with Gasteiger partial charge < -0.3 is 9.63 Å². The van der Waals surface area contributed by atoms with Crippen molar-refractivity contribution >= 4 is 23.2 Å². The molecule has 0 atom stereocenters. The second-order valence-corrected chi connectivity index (χ2v) is 6.15. The molecule has 1 fully saturated rings. The van der Waals surface area contributed by atoms with Crippen LogP contribution in [0.1, 0.15) is 18.6 Å². The first kappa shape index (κ1) is 14.9. The van der Waals surface area contributed by atoms with Gasteiger partial charge in [0.25, 0.3) is 0 Å². The fourth-order valence-corrected chi connectivity index (χ4v) is 3.01. The molecule has 112 valence electrons. The standard InChI is InChI=1S/C15H16Cl2N2O2/c16-10-1-2-13(14(17)7-10)15-8-12(21-18-15)9-19-5-3-11(20)4-6-19/h1-2,7-8,11,20H,3-6,9H2. The van der Waals surface area contributed by atoms with Gasteiger partial charge in [-0.15, -0.1) is 0 Å². The lowest BCUT2D eigenvalue weighted by molar-refractivity contribution is 0.0749. The molecule has 0 amide bonds. The number of aromatic nitrogens is 1. The number of halogens is 2. The zero-order valence-corrected chi connectivity index (χ0v) is 12.9. The van der Waals surface area contributed by atoms with Crippen molar-refractivity contribution in [1.29, 1.82) is 0 Å². The Morgan fingerprint density at radius 2 is 2.00 bits per heavy atom. The van der Waals surface area contributed by atoms with Crippen LogP contribution >= 0.6 is 23.2 Å². The summed E-state index contributed by atoms with van der Waals surface area (Å²) in [7, 11) is 0. The van der Waals surface area contributed by atoms with Crippen LogP contribution in [0.5, 0.6) is 0 Å². The first-order valence-corrected chi connectivity index (χ1v) is 7.69. The van der Waals surface area contributed by atoms with E-state index < -0.39 is 0 Å². The van der Waals surface area contributed by atoms with E-state index >= 15 is 0 Å². The van der Waals surface area contributed by atoms with Crippen molar-refractivity contribution in [3.8, 4) is 11.3 Å². The molecule has 0 spiro atoms. The third-order valence-electron chi connectivity index (χ3n) is 3.70. The molecule has 4 nitrogen and oxygen atoms in total. The Kier molecular flexibility index (Phi) is 4.50. The summed E-state index contributed by atoms with van der Waals surface area (Å²) in [6.07, 6.45) is 1.45. The maximum atomic E-state index is 9.51. The summed E-state index contributed by atoms with van der Waals surface area (Å²) in [5.74, 6) is 0.799. The van der Waals surface area contributed by atoms with E-state index in [0.717, 1.165) is 37.3 Å². The van der Waals surface area contributed by atoms with Crippen molar-refractivity contribution in [2.24, 2.45) is 0 Å². The van der Waals surface area contributed by atoms with Crippen LogP contribution in [0, 0.1) is 0 Å². The Labute approximate surface area is 133 Å². The van der Waals surface area contributed by atoms with Gasteiger partial charge >= 0.3 is 0 Å². The maximum absolute atomic E-state index is 9.51. The quantitative estimate of drug-likeness (QED) is 0.936. The fourth-order valence-electron chi connectivity index (χ4n) is 2.51. The average Bonchev–Trinajstić information content (AvgIpc) is 2.90. The van der Waals surface area contributed by atoms with Gasteiger partial charge in [-0.1, -0.05) is 28.4 Å². The zero-order chi connectivity index (χ0) is 14.8. The third-order valence-corrected chi connectivity index (χ3v) is 4.25. The van der Waals surface area contributed by atoms with Crippen LogP contribution in [-0.4, -0.2) is 34.4 Å². The second kappa shape index (κ2) is 6.36. The molecular weight excluding hydrogens is 311 g/mol. The van der Waals surface area contributed by atoms with Crippen molar-refractivity contribution < 1.29 is 9.63 Å². The molecule has 1 saturated heterocycles. The molecule has 3 rings (SSSR count). The van der Waals surface area contributed by atoms with Gasteiger partial charge in [0, 0.05) is 29.7 Å². The van der Waals surface area contributed by atoms with Crippen molar-refractivity contribution in [1.82, 2.24) is 10.1 Å². The molecule has 0 radical (unpaired) electrons. The van der Waals surface area contributed by atoms with Gasteiger partial charge in [-0.3, -0.25) is 4.90 Å². The number of piperidine rings is 1. The molecule has 0 bridgehead atoms. The monoisotopic (exact) mass is 326 g/mol. The number of rotatable bonds is 3. The molecule has 21 heavy (non-hydrogen) atoms. The molecule has 0 unspecified atom stereocenters. The predicted molar refractivity (Wildman–Crippen MR) is 82.5 cm³/mol. The second-order valence-electron chi connectivity index (χ2n) is 5.31. The van der Waals surface area contributed by atoms with E-state index in [2.05, 4.69) is 10.1 Å². The normalized spacial score (nSPS) is 17.3. The zero-order valence-electron chi connectivity index (χ0n) is 11.4. The lowest BCUT2D eigenvalue weighted by Gasteiger charge is -2.28. The summed E-state index contributed by atoms with van der Waals surface area (Å²) < 4.78 is 5.39. The number of hydrogen-bond donors (Lipinski definition) is 1. The van der Waals surface area contributed by atoms with Crippen LogP contribution in [0.25, 0.3) is 11.3 Å². The van der Waals surface area contributed by atoms with Crippen LogP contribution in [0.2, 0.25) is 10.0 Å². The Hall–Kier alpha value is -1.07. The van der Waals surface area contributed by atoms with E-state index in [-0.39, 0.29) is 6.10 Å². The van der Waals surface area contributed by atoms with Crippen molar-refractivity contribution in [3.05, 3.63) is 40.1 Å². The molecule has 2 heterocycles. The summed E-state index contributed by atoms with van der Waals surface area (Å²) in [5.41, 5.74) is 1.52. The van der Waals surface area contributed by atoms with Gasteiger partial charge in [-0.2, -0.15) is 0 Å². The minimum absolute atomic E-state index is 0.167. The smallest absolute Gasteiger partial charge is 0.151 e. The maximum Gasteiger partial charge on any atom is 0.151 e. The van der Waals surface area contributed by atoms with Crippen molar-refractivity contribution in [2.45, 2.75) is 25.5 Å². The van der Waals surface area contributed by atoms with E-state index in [1.807, 2.05) is 12.1 Å². The molecule has 0 saturated carbocycles. The molecule has 1 aromatic carbocycles. The van der Waals surface area contributed by atoms with Gasteiger partial charge in [-0.25, -0.2) is 0 Å². The summed E-state index contributed by atoms with van der Waals surface area (Å²) in [6, 6.07) is 7.21. The van der Waals surface area contributed by atoms with Crippen LogP contribution in [-0.2, 0) is 6.54 Å². The first-order valence-electron chi connectivity index (χ1n) is 6.93. The Morgan fingerprint density at radius 1 is 1.24 bits per heavy atom. The highest BCUT2D eigenvalue weighted by molar-refractivity contribution is 6.36.